The van der Waals surface area contributed by atoms with Gasteiger partial charge in [-0.25, -0.2) is 8.42 Å². The maximum Gasteiger partial charge on any atom is 0.244 e. The third-order valence-corrected chi connectivity index (χ3v) is 6.96. The summed E-state index contributed by atoms with van der Waals surface area (Å²) in [5.41, 5.74) is 3.13. The van der Waals surface area contributed by atoms with E-state index in [1.54, 1.807) is 38.3 Å². The predicted molar refractivity (Wildman–Crippen MR) is 139 cm³/mol. The number of rotatable bonds is 11. The summed E-state index contributed by atoms with van der Waals surface area (Å²) in [6, 6.07) is 11.6. The van der Waals surface area contributed by atoms with Gasteiger partial charge in [-0.05, 0) is 67.6 Å². The van der Waals surface area contributed by atoms with Crippen molar-refractivity contribution in [1.82, 2.24) is 10.2 Å². The number of amides is 2. The zero-order valence-electron chi connectivity index (χ0n) is 21.7. The normalized spacial score (nSPS) is 12.2. The van der Waals surface area contributed by atoms with Crippen molar-refractivity contribution in [3.05, 3.63) is 59.2 Å². The lowest BCUT2D eigenvalue weighted by atomic mass is 10.1. The number of aryl methyl sites for hydroxylation is 2. The number of benzene rings is 2. The average Bonchev–Trinajstić information content (AvgIpc) is 2.80. The maximum absolute atomic E-state index is 13.6. The molecule has 2 aromatic rings. The number of ether oxygens (including phenoxy) is 1. The van der Waals surface area contributed by atoms with Gasteiger partial charge in [0, 0.05) is 13.1 Å². The summed E-state index contributed by atoms with van der Waals surface area (Å²) in [7, 11) is -2.19. The number of methoxy groups -OCH3 is 1. The Labute approximate surface area is 209 Å². The molecule has 0 aliphatic heterocycles. The zero-order chi connectivity index (χ0) is 26.3. The molecule has 1 N–H and O–H groups in total. The lowest BCUT2D eigenvalue weighted by molar-refractivity contribution is -0.139. The van der Waals surface area contributed by atoms with Crippen LogP contribution in [0.2, 0.25) is 0 Å². The number of sulfonamides is 1. The number of nitrogens with one attached hydrogen (secondary N) is 1. The predicted octanol–water partition coefficient (Wildman–Crippen LogP) is 3.27. The Morgan fingerprint density at radius 1 is 1.00 bits per heavy atom. The van der Waals surface area contributed by atoms with Crippen LogP contribution in [0.25, 0.3) is 0 Å². The number of anilines is 1. The molecule has 0 fully saturated rings. The van der Waals surface area contributed by atoms with E-state index in [0.29, 0.717) is 18.0 Å². The van der Waals surface area contributed by atoms with Crippen molar-refractivity contribution in [2.75, 3.05) is 30.8 Å². The molecular weight excluding hydrogens is 466 g/mol. The highest BCUT2D eigenvalue weighted by atomic mass is 32.2. The molecule has 0 aliphatic carbocycles. The first-order valence-corrected chi connectivity index (χ1v) is 13.4. The van der Waals surface area contributed by atoms with Gasteiger partial charge in [0.15, 0.2) is 0 Å². The largest absolute Gasteiger partial charge is 0.497 e. The van der Waals surface area contributed by atoms with Crippen LogP contribution in [0.4, 0.5) is 5.69 Å². The number of hydrogen-bond donors (Lipinski definition) is 1. The van der Waals surface area contributed by atoms with Crippen LogP contribution in [-0.4, -0.2) is 57.6 Å². The lowest BCUT2D eigenvalue weighted by Crippen LogP contribution is -2.51. The van der Waals surface area contributed by atoms with E-state index in [1.165, 1.54) is 4.90 Å². The highest BCUT2D eigenvalue weighted by Gasteiger charge is 2.30. The molecule has 0 radical (unpaired) electrons. The van der Waals surface area contributed by atoms with Crippen molar-refractivity contribution < 1.29 is 22.7 Å². The summed E-state index contributed by atoms with van der Waals surface area (Å²) in [4.78, 5) is 27.8. The summed E-state index contributed by atoms with van der Waals surface area (Å²) in [5, 5.41) is 2.87. The first kappa shape index (κ1) is 28.2. The van der Waals surface area contributed by atoms with E-state index in [-0.39, 0.29) is 18.4 Å². The van der Waals surface area contributed by atoms with Crippen LogP contribution in [0, 0.1) is 19.8 Å². The molecular formula is C26H37N3O5S. The summed E-state index contributed by atoms with van der Waals surface area (Å²) in [6.45, 7) is 9.64. The molecule has 0 saturated heterocycles. The van der Waals surface area contributed by atoms with Gasteiger partial charge in [0.05, 0.1) is 19.1 Å². The summed E-state index contributed by atoms with van der Waals surface area (Å²) < 4.78 is 31.6. The smallest absolute Gasteiger partial charge is 0.244 e. The highest BCUT2D eigenvalue weighted by molar-refractivity contribution is 7.92. The Balaban J connectivity index is 2.38. The van der Waals surface area contributed by atoms with E-state index >= 15 is 0 Å². The van der Waals surface area contributed by atoms with Crippen LogP contribution < -0.4 is 14.4 Å². The summed E-state index contributed by atoms with van der Waals surface area (Å²) in [5.74, 6) is 0.157. The van der Waals surface area contributed by atoms with Crippen molar-refractivity contribution >= 4 is 27.5 Å². The fourth-order valence-electron chi connectivity index (χ4n) is 3.46. The molecule has 0 aliphatic rings. The Hall–Kier alpha value is -3.07. The second-order valence-electron chi connectivity index (χ2n) is 9.22. The van der Waals surface area contributed by atoms with Crippen LogP contribution in [-0.2, 0) is 26.2 Å². The molecule has 9 heteroatoms. The highest BCUT2D eigenvalue weighted by Crippen LogP contribution is 2.22. The molecule has 35 heavy (non-hydrogen) atoms. The van der Waals surface area contributed by atoms with Gasteiger partial charge in [-0.1, -0.05) is 32.0 Å². The van der Waals surface area contributed by atoms with Gasteiger partial charge in [-0.3, -0.25) is 13.9 Å². The van der Waals surface area contributed by atoms with Crippen molar-refractivity contribution in [2.45, 2.75) is 47.2 Å². The van der Waals surface area contributed by atoms with Crippen molar-refractivity contribution in [3.63, 3.8) is 0 Å². The molecule has 192 valence electrons. The van der Waals surface area contributed by atoms with E-state index in [1.807, 2.05) is 45.9 Å². The zero-order valence-corrected chi connectivity index (χ0v) is 22.5. The van der Waals surface area contributed by atoms with E-state index in [2.05, 4.69) is 5.32 Å². The molecule has 2 amide bonds. The third-order valence-electron chi connectivity index (χ3n) is 5.82. The minimum absolute atomic E-state index is 0.142. The van der Waals surface area contributed by atoms with Gasteiger partial charge in [-0.2, -0.15) is 0 Å². The Morgan fingerprint density at radius 2 is 1.63 bits per heavy atom. The average molecular weight is 504 g/mol. The fourth-order valence-corrected chi connectivity index (χ4v) is 4.30. The van der Waals surface area contributed by atoms with E-state index in [0.717, 1.165) is 27.3 Å². The molecule has 0 heterocycles. The first-order chi connectivity index (χ1) is 16.3. The van der Waals surface area contributed by atoms with Crippen molar-refractivity contribution in [1.29, 1.82) is 0 Å². The molecule has 1 atom stereocenters. The van der Waals surface area contributed by atoms with Gasteiger partial charge in [-0.15, -0.1) is 0 Å². The monoisotopic (exact) mass is 503 g/mol. The van der Waals surface area contributed by atoms with Gasteiger partial charge < -0.3 is 15.0 Å². The van der Waals surface area contributed by atoms with Crippen LogP contribution in [0.3, 0.4) is 0 Å². The quantitative estimate of drug-likeness (QED) is 0.508. The molecule has 0 bridgehead atoms. The molecule has 2 rings (SSSR count). The molecule has 0 saturated carbocycles. The Kier molecular flexibility index (Phi) is 9.71. The molecule has 0 spiro atoms. The maximum atomic E-state index is 13.6. The van der Waals surface area contributed by atoms with Crippen molar-refractivity contribution in [3.8, 4) is 5.75 Å². The van der Waals surface area contributed by atoms with Crippen LogP contribution >= 0.6 is 0 Å². The molecule has 0 aromatic heterocycles. The minimum atomic E-state index is -3.76. The van der Waals surface area contributed by atoms with Crippen LogP contribution in [0.1, 0.15) is 37.5 Å². The Bertz CT molecular complexity index is 1130. The lowest BCUT2D eigenvalue weighted by Gasteiger charge is -2.31. The number of carbonyl (C=O) groups is 2. The summed E-state index contributed by atoms with van der Waals surface area (Å²) >= 11 is 0. The first-order valence-electron chi connectivity index (χ1n) is 11.6. The fraction of sp³-hybridized carbons (Fsp3) is 0.462. The second-order valence-corrected chi connectivity index (χ2v) is 11.1. The summed E-state index contributed by atoms with van der Waals surface area (Å²) in [6.07, 6.45) is 1.07. The van der Waals surface area contributed by atoms with Gasteiger partial charge in [0.1, 0.15) is 18.3 Å². The minimum Gasteiger partial charge on any atom is -0.497 e. The second kappa shape index (κ2) is 12.1. The number of hydrogen-bond acceptors (Lipinski definition) is 5. The van der Waals surface area contributed by atoms with Gasteiger partial charge in [0.25, 0.3) is 0 Å². The molecule has 0 unspecified atom stereocenters. The third kappa shape index (κ3) is 7.99. The van der Waals surface area contributed by atoms with E-state index in [4.69, 9.17) is 4.74 Å². The van der Waals surface area contributed by atoms with Crippen molar-refractivity contribution in [2.24, 2.45) is 5.92 Å². The molecule has 2 aromatic carbocycles. The van der Waals surface area contributed by atoms with Crippen LogP contribution in [0.15, 0.2) is 42.5 Å². The number of carbonyl (C=O) groups excluding carboxylic acids is 2. The Morgan fingerprint density at radius 3 is 2.14 bits per heavy atom. The van der Waals surface area contributed by atoms with E-state index in [9.17, 15) is 18.0 Å². The molecule has 8 nitrogen and oxygen atoms in total. The number of nitrogens with zero attached hydrogens (tertiary/aromatic N) is 2. The van der Waals surface area contributed by atoms with Crippen LogP contribution in [0.5, 0.6) is 5.75 Å². The van der Waals surface area contributed by atoms with Gasteiger partial charge >= 0.3 is 0 Å². The van der Waals surface area contributed by atoms with Gasteiger partial charge in [0.2, 0.25) is 21.8 Å². The standard InChI is InChI=1S/C26H37N3O5S/c1-18(2)15-27-26(31)21(5)28(16-22-9-12-24(34-6)13-10-22)25(30)17-29(35(7,32)33)23-11-8-19(3)20(4)14-23/h8-14,18,21H,15-17H2,1-7H3,(H,27,31)/t21-/m0/s1. The SMILES string of the molecule is COc1ccc(CN(C(=O)CN(c2ccc(C)c(C)c2)S(C)(=O)=O)[C@@H](C)C(=O)NCC(C)C)cc1. The topological polar surface area (TPSA) is 96.0 Å². The van der Waals surface area contributed by atoms with E-state index < -0.39 is 28.5 Å².